The SMILES string of the molecule is CN=C(NN=C(C)C(C)=[N+]1CSC(=NCCCCCC(=O)NC(CCC(N)=O)C(=O)NC(Cc2c[nH]c3ccccc23)C(=O)NC(C)C(=O)NC(C(=O)NCC(=O)NC(Cc2cnc[nH]2)C(=O)NC(CC(C)C)C(=O)NC(CCSC)C(N)=O)C(C)C)N1)SC. The molecule has 1 aliphatic heterocycles. The number of nitrogens with zero attached hydrogens (tertiary/aromatic N) is 5. The topological polar surface area (TPSA) is 428 Å². The summed E-state index contributed by atoms with van der Waals surface area (Å²) in [6.45, 7) is 12.1. The molecular formula is C58H90N19O10S3+. The molecule has 32 heteroatoms. The van der Waals surface area contributed by atoms with Gasteiger partial charge in [-0.1, -0.05) is 64.1 Å². The zero-order valence-electron chi connectivity index (χ0n) is 52.8. The summed E-state index contributed by atoms with van der Waals surface area (Å²) in [5, 5.41) is 27.8. The van der Waals surface area contributed by atoms with Gasteiger partial charge in [0.1, 0.15) is 48.0 Å². The second-order valence-electron chi connectivity index (χ2n) is 22.2. The van der Waals surface area contributed by atoms with Crippen molar-refractivity contribution in [1.82, 2.24) is 68.3 Å². The molecule has 0 saturated carbocycles. The Kier molecular flexibility index (Phi) is 31.9. The summed E-state index contributed by atoms with van der Waals surface area (Å²) in [7, 11) is 1.69. The number of aromatic nitrogens is 3. The van der Waals surface area contributed by atoms with Gasteiger partial charge in [-0.25, -0.2) is 4.98 Å². The van der Waals surface area contributed by atoms with Crippen molar-refractivity contribution in [3.05, 3.63) is 54.2 Å². The smallest absolute Gasteiger partial charge is 0.243 e. The van der Waals surface area contributed by atoms with Gasteiger partial charge in [-0.15, -0.1) is 10.1 Å². The van der Waals surface area contributed by atoms with Gasteiger partial charge in [0, 0.05) is 75.2 Å². The maximum Gasteiger partial charge on any atom is 0.243 e. The van der Waals surface area contributed by atoms with Crippen molar-refractivity contribution in [2.24, 2.45) is 38.4 Å². The van der Waals surface area contributed by atoms with E-state index < -0.39 is 114 Å². The molecule has 16 N–H and O–H groups in total. The molecule has 1 aromatic carbocycles. The molecule has 1 saturated heterocycles. The fourth-order valence-corrected chi connectivity index (χ4v) is 10.7. The predicted molar refractivity (Wildman–Crippen MR) is 352 cm³/mol. The van der Waals surface area contributed by atoms with Gasteiger partial charge in [0.05, 0.1) is 12.9 Å². The largest absolute Gasteiger partial charge is 0.370 e. The van der Waals surface area contributed by atoms with Crippen molar-refractivity contribution >= 4 is 127 Å². The number of nitrogens with one attached hydrogen (secondary N) is 12. The number of hydrogen-bond donors (Lipinski definition) is 14. The highest BCUT2D eigenvalue weighted by atomic mass is 32.2. The number of fused-ring (bicyclic) bond motifs is 1. The van der Waals surface area contributed by atoms with Crippen LogP contribution in [0.15, 0.2) is 58.1 Å². The third-order valence-electron chi connectivity index (χ3n) is 14.2. The van der Waals surface area contributed by atoms with Crippen LogP contribution < -0.4 is 64.9 Å². The molecule has 1 fully saturated rings. The normalized spacial score (nSPS) is 15.9. The van der Waals surface area contributed by atoms with Crippen LogP contribution in [-0.4, -0.2) is 187 Å². The summed E-state index contributed by atoms with van der Waals surface area (Å²) in [6, 6.07) is -1.20. The van der Waals surface area contributed by atoms with E-state index in [1.54, 1.807) is 38.9 Å². The Bertz CT molecular complexity index is 3080. The number of H-pyrrole nitrogens is 2. The number of imidazole rings is 1. The number of para-hydroxylation sites is 1. The number of benzene rings is 1. The van der Waals surface area contributed by atoms with Crippen LogP contribution in [0.4, 0.5) is 0 Å². The van der Waals surface area contributed by atoms with Crippen LogP contribution in [0.1, 0.15) is 111 Å². The zero-order valence-corrected chi connectivity index (χ0v) is 55.3. The Morgan fingerprint density at radius 2 is 1.40 bits per heavy atom. The molecule has 494 valence electrons. The van der Waals surface area contributed by atoms with Crippen LogP contribution in [0, 0.1) is 11.8 Å². The van der Waals surface area contributed by atoms with Crippen LogP contribution in [0.25, 0.3) is 10.9 Å². The molecule has 29 nitrogen and oxygen atoms in total. The molecular weight excluding hydrogens is 1220 g/mol. The number of hydrazone groups is 2. The molecule has 3 heterocycles. The monoisotopic (exact) mass is 1310 g/mol. The maximum absolute atomic E-state index is 14.3. The molecule has 4 rings (SSSR count). The molecule has 0 spiro atoms. The lowest BCUT2D eigenvalue weighted by molar-refractivity contribution is -0.544. The highest BCUT2D eigenvalue weighted by Gasteiger charge is 2.34. The van der Waals surface area contributed by atoms with Crippen LogP contribution >= 0.6 is 35.3 Å². The van der Waals surface area contributed by atoms with E-state index >= 15 is 0 Å². The van der Waals surface area contributed by atoms with E-state index in [0.29, 0.717) is 53.9 Å². The van der Waals surface area contributed by atoms with E-state index in [1.165, 1.54) is 43.0 Å². The molecule has 1 aliphatic rings. The zero-order chi connectivity index (χ0) is 66.5. The highest BCUT2D eigenvalue weighted by molar-refractivity contribution is 8.14. The van der Waals surface area contributed by atoms with E-state index in [-0.39, 0.29) is 50.9 Å². The Labute approximate surface area is 537 Å². The summed E-state index contributed by atoms with van der Waals surface area (Å²) < 4.78 is 1.95. The number of carbonyl (C=O) groups excluding carboxylic acids is 10. The molecule has 3 aromatic rings. The van der Waals surface area contributed by atoms with Crippen molar-refractivity contribution in [3.8, 4) is 0 Å². The fraction of sp³-hybridized carbons (Fsp3) is 0.569. The van der Waals surface area contributed by atoms with Gasteiger partial charge in [-0.05, 0) is 99.4 Å². The molecule has 0 aliphatic carbocycles. The average Bonchev–Trinajstić information content (AvgIpc) is 2.32. The van der Waals surface area contributed by atoms with Crippen molar-refractivity contribution in [3.63, 3.8) is 0 Å². The standard InChI is InChI=1S/C58H89N19O10S3/c1-32(2)24-43(54(85)70-41(50(60)81)21-23-88-9)71-55(86)45(26-38-28-62-30-66-38)69-48(80)29-65-56(87)49(33(3)4)73-51(82)35(6)67-53(84)44(25-37-27-64-40-17-14-13-16-39(37)40)72-52(83)42(19-20-46(59)78)68-47(79)18-12-11-15-22-63-58-76-77(31-90-58)36(7)34(5)74-75-57(61-8)89-10/h13-14,16-17,27-28,30,32-33,35,41-45,49,64H,11-12,15,18-26,29,31H2,1-10H3,(H14,59,60,62,63,65,66,67,68,69,70,71,72,73,76,78,79,80,81,82,83,84,85,86,87)/p+1. The minimum atomic E-state index is -1.34. The maximum atomic E-state index is 14.3. The van der Waals surface area contributed by atoms with Crippen LogP contribution in [0.3, 0.4) is 0 Å². The van der Waals surface area contributed by atoms with Crippen molar-refractivity contribution < 1.29 is 52.6 Å². The van der Waals surface area contributed by atoms with Gasteiger partial charge in [0.2, 0.25) is 75.8 Å². The second-order valence-corrected chi connectivity index (χ2v) is 24.9. The molecule has 2 aromatic heterocycles. The van der Waals surface area contributed by atoms with Crippen LogP contribution in [-0.2, 0) is 60.8 Å². The number of unbranched alkanes of at least 4 members (excludes halogenated alkanes) is 2. The van der Waals surface area contributed by atoms with Crippen molar-refractivity contribution in [2.45, 2.75) is 155 Å². The number of nitrogens with two attached hydrogens (primary N) is 2. The number of carbonyl (C=O) groups is 10. The summed E-state index contributed by atoms with van der Waals surface area (Å²) >= 11 is 4.48. The Balaban J connectivity index is 1.39. The number of primary amides is 2. The molecule has 7 atom stereocenters. The second kappa shape index (κ2) is 38.5. The third kappa shape index (κ3) is 25.5. The van der Waals surface area contributed by atoms with Gasteiger partial charge < -0.3 is 64.0 Å². The molecule has 7 unspecified atom stereocenters. The lowest BCUT2D eigenvalue weighted by atomic mass is 10.0. The van der Waals surface area contributed by atoms with E-state index in [9.17, 15) is 47.9 Å². The first-order chi connectivity index (χ1) is 42.8. The van der Waals surface area contributed by atoms with E-state index in [4.69, 9.17) is 11.5 Å². The van der Waals surface area contributed by atoms with E-state index in [1.807, 2.05) is 69.2 Å². The van der Waals surface area contributed by atoms with Crippen LogP contribution in [0.5, 0.6) is 0 Å². The van der Waals surface area contributed by atoms with Gasteiger partial charge >= 0.3 is 0 Å². The first kappa shape index (κ1) is 74.5. The number of amides is 10. The summed E-state index contributed by atoms with van der Waals surface area (Å²) in [6.07, 6.45) is 10.0. The van der Waals surface area contributed by atoms with Gasteiger partial charge in [-0.2, -0.15) is 16.9 Å². The fourth-order valence-electron chi connectivity index (χ4n) is 9.05. The number of aromatic amines is 2. The van der Waals surface area contributed by atoms with Gasteiger partial charge in [-0.3, -0.25) is 63.4 Å². The van der Waals surface area contributed by atoms with Gasteiger partial charge in [0.15, 0.2) is 5.17 Å². The number of amidine groups is 2. The minimum absolute atomic E-state index is 0.0586. The predicted octanol–water partition coefficient (Wildman–Crippen LogP) is 0.325. The Morgan fingerprint density at radius 3 is 2.06 bits per heavy atom. The summed E-state index contributed by atoms with van der Waals surface area (Å²) in [5.74, 6) is -6.63. The Morgan fingerprint density at radius 1 is 0.733 bits per heavy atom. The van der Waals surface area contributed by atoms with Gasteiger partial charge in [0.25, 0.3) is 0 Å². The quantitative estimate of drug-likeness (QED) is 0.0122. The number of hydrogen-bond acceptors (Lipinski definition) is 17. The molecule has 90 heavy (non-hydrogen) atoms. The lowest BCUT2D eigenvalue weighted by Crippen LogP contribution is -2.59. The summed E-state index contributed by atoms with van der Waals surface area (Å²) in [5.41, 5.74) is 20.9. The average molecular weight is 1310 g/mol. The van der Waals surface area contributed by atoms with E-state index in [2.05, 4.69) is 83.4 Å². The molecule has 10 amide bonds. The molecule has 0 radical (unpaired) electrons. The summed E-state index contributed by atoms with van der Waals surface area (Å²) in [4.78, 5) is 153. The third-order valence-corrected chi connectivity index (χ3v) is 16.4. The number of rotatable bonds is 37. The first-order valence-electron chi connectivity index (χ1n) is 29.7. The first-order valence-corrected chi connectivity index (χ1v) is 33.3. The number of thioether (sulfide) groups is 3. The number of aliphatic imine (C=N–C) groups is 2. The highest BCUT2D eigenvalue weighted by Crippen LogP contribution is 2.20. The van der Waals surface area contributed by atoms with E-state index in [0.717, 1.165) is 27.5 Å². The van der Waals surface area contributed by atoms with Crippen molar-refractivity contribution in [2.75, 3.05) is 44.3 Å². The van der Waals surface area contributed by atoms with Crippen molar-refractivity contribution in [1.29, 1.82) is 0 Å². The Hall–Kier alpha value is -8.00. The lowest BCUT2D eigenvalue weighted by Gasteiger charge is -2.26. The molecule has 0 bridgehead atoms. The van der Waals surface area contributed by atoms with Crippen LogP contribution in [0.2, 0.25) is 0 Å². The minimum Gasteiger partial charge on any atom is -0.370 e. The number of hydrazine groups is 1.